The van der Waals surface area contributed by atoms with Crippen molar-refractivity contribution in [3.63, 3.8) is 0 Å². The Bertz CT molecular complexity index is 603. The Morgan fingerprint density at radius 1 is 1.17 bits per heavy atom. The van der Waals surface area contributed by atoms with Crippen molar-refractivity contribution in [1.82, 2.24) is 0 Å². The highest BCUT2D eigenvalue weighted by Crippen LogP contribution is 2.39. The van der Waals surface area contributed by atoms with Crippen LogP contribution >= 0.6 is 0 Å². The lowest BCUT2D eigenvalue weighted by molar-refractivity contribution is -0.0662. The van der Waals surface area contributed by atoms with Crippen LogP contribution in [0.1, 0.15) is 54.9 Å². The Morgan fingerprint density at radius 2 is 1.75 bits per heavy atom. The predicted octanol–water partition coefficient (Wildman–Crippen LogP) is 4.79. The van der Waals surface area contributed by atoms with Gasteiger partial charge in [0.05, 0.1) is 28.6 Å². The molecule has 1 saturated heterocycles. The standard InChI is InChI=1S/C19H30N2O3/c1-17(2,3)23-16(22)21-14-11-9-8-10-13(14)20-15-12-18(4,5)24-19(15,6)7/h8-11,15,20H,12H2,1-7H3,(H,21,22). The summed E-state index contributed by atoms with van der Waals surface area (Å²) < 4.78 is 11.5. The van der Waals surface area contributed by atoms with Crippen LogP contribution in [0.2, 0.25) is 0 Å². The normalized spacial score (nSPS) is 22.0. The third-order valence-electron chi connectivity index (χ3n) is 3.97. The summed E-state index contributed by atoms with van der Waals surface area (Å²) >= 11 is 0. The highest BCUT2D eigenvalue weighted by Gasteiger charge is 2.46. The average molecular weight is 334 g/mol. The molecule has 5 nitrogen and oxygen atoms in total. The van der Waals surface area contributed by atoms with E-state index in [0.29, 0.717) is 5.69 Å². The molecule has 1 unspecified atom stereocenters. The summed E-state index contributed by atoms with van der Waals surface area (Å²) in [5.41, 5.74) is 0.574. The lowest BCUT2D eigenvalue weighted by Gasteiger charge is -2.29. The van der Waals surface area contributed by atoms with Crippen molar-refractivity contribution in [3.8, 4) is 0 Å². The number of benzene rings is 1. The van der Waals surface area contributed by atoms with Gasteiger partial charge in [-0.3, -0.25) is 5.32 Å². The van der Waals surface area contributed by atoms with Crippen LogP contribution < -0.4 is 10.6 Å². The number of hydrogen-bond acceptors (Lipinski definition) is 4. The minimum absolute atomic E-state index is 0.147. The molecule has 1 fully saturated rings. The zero-order chi connectivity index (χ0) is 18.2. The van der Waals surface area contributed by atoms with Gasteiger partial charge in [-0.25, -0.2) is 4.79 Å². The van der Waals surface area contributed by atoms with Crippen LogP contribution in [0.15, 0.2) is 24.3 Å². The molecule has 1 amide bonds. The van der Waals surface area contributed by atoms with Crippen LogP contribution in [-0.4, -0.2) is 28.9 Å². The zero-order valence-electron chi connectivity index (χ0n) is 15.8. The molecule has 2 N–H and O–H groups in total. The second-order valence-corrected chi connectivity index (χ2v) is 8.54. The average Bonchev–Trinajstić information content (AvgIpc) is 2.57. The van der Waals surface area contributed by atoms with Crippen molar-refractivity contribution in [1.29, 1.82) is 0 Å². The number of amides is 1. The van der Waals surface area contributed by atoms with Crippen molar-refractivity contribution >= 4 is 17.5 Å². The van der Waals surface area contributed by atoms with E-state index in [9.17, 15) is 4.79 Å². The molecule has 2 rings (SSSR count). The number of ether oxygens (including phenoxy) is 2. The summed E-state index contributed by atoms with van der Waals surface area (Å²) in [5, 5.41) is 6.35. The van der Waals surface area contributed by atoms with Gasteiger partial charge in [0.25, 0.3) is 0 Å². The van der Waals surface area contributed by atoms with Crippen molar-refractivity contribution in [2.45, 2.75) is 77.7 Å². The predicted molar refractivity (Wildman–Crippen MR) is 97.6 cm³/mol. The molecule has 0 aromatic heterocycles. The van der Waals surface area contributed by atoms with Crippen molar-refractivity contribution in [2.75, 3.05) is 10.6 Å². The molecule has 1 heterocycles. The summed E-state index contributed by atoms with van der Waals surface area (Å²) in [6, 6.07) is 7.79. The fraction of sp³-hybridized carbons (Fsp3) is 0.632. The Morgan fingerprint density at radius 3 is 2.25 bits per heavy atom. The molecule has 0 saturated carbocycles. The van der Waals surface area contributed by atoms with Crippen LogP contribution in [0.3, 0.4) is 0 Å². The summed E-state index contributed by atoms with van der Waals surface area (Å²) in [5.74, 6) is 0. The summed E-state index contributed by atoms with van der Waals surface area (Å²) in [6.07, 6.45) is 0.430. The van der Waals surface area contributed by atoms with Crippen LogP contribution in [0.25, 0.3) is 0 Å². The van der Waals surface area contributed by atoms with E-state index >= 15 is 0 Å². The van der Waals surface area contributed by atoms with Crippen LogP contribution in [-0.2, 0) is 9.47 Å². The van der Waals surface area contributed by atoms with E-state index in [1.807, 2.05) is 45.0 Å². The fourth-order valence-corrected chi connectivity index (χ4v) is 3.11. The summed E-state index contributed by atoms with van der Waals surface area (Å²) in [6.45, 7) is 13.9. The molecule has 0 aliphatic carbocycles. The lowest BCUT2D eigenvalue weighted by atomic mass is 9.94. The van der Waals surface area contributed by atoms with Gasteiger partial charge >= 0.3 is 6.09 Å². The second kappa shape index (κ2) is 6.28. The monoisotopic (exact) mass is 334 g/mol. The van der Waals surface area contributed by atoms with Crippen LogP contribution in [0.5, 0.6) is 0 Å². The van der Waals surface area contributed by atoms with E-state index in [4.69, 9.17) is 9.47 Å². The highest BCUT2D eigenvalue weighted by atomic mass is 16.6. The Balaban J connectivity index is 2.13. The zero-order valence-corrected chi connectivity index (χ0v) is 15.8. The maximum absolute atomic E-state index is 12.1. The van der Waals surface area contributed by atoms with Gasteiger partial charge in [-0.1, -0.05) is 12.1 Å². The third kappa shape index (κ3) is 4.87. The van der Waals surface area contributed by atoms with E-state index in [1.54, 1.807) is 0 Å². The first-order chi connectivity index (χ1) is 10.9. The van der Waals surface area contributed by atoms with Crippen molar-refractivity contribution in [2.24, 2.45) is 0 Å². The Labute approximate surface area is 145 Å². The maximum Gasteiger partial charge on any atom is 0.412 e. The third-order valence-corrected chi connectivity index (χ3v) is 3.97. The molecule has 0 radical (unpaired) electrons. The van der Waals surface area contributed by atoms with Gasteiger partial charge in [-0.15, -0.1) is 0 Å². The molecule has 0 spiro atoms. The number of anilines is 2. The number of hydrogen-bond donors (Lipinski definition) is 2. The first-order valence-corrected chi connectivity index (χ1v) is 8.44. The van der Waals surface area contributed by atoms with Crippen LogP contribution in [0, 0.1) is 0 Å². The lowest BCUT2D eigenvalue weighted by Crippen LogP contribution is -2.38. The largest absolute Gasteiger partial charge is 0.444 e. The van der Waals surface area contributed by atoms with E-state index in [2.05, 4.69) is 38.3 Å². The maximum atomic E-state index is 12.1. The van der Waals surface area contributed by atoms with Gasteiger partial charge in [-0.2, -0.15) is 0 Å². The van der Waals surface area contributed by atoms with E-state index in [-0.39, 0.29) is 17.2 Å². The van der Waals surface area contributed by atoms with Gasteiger partial charge in [0.15, 0.2) is 0 Å². The van der Waals surface area contributed by atoms with Gasteiger partial charge in [-0.05, 0) is 67.0 Å². The van der Waals surface area contributed by atoms with E-state index < -0.39 is 11.7 Å². The summed E-state index contributed by atoms with van der Waals surface area (Å²) in [7, 11) is 0. The van der Waals surface area contributed by atoms with Crippen LogP contribution in [0.4, 0.5) is 16.2 Å². The molecule has 134 valence electrons. The number of para-hydroxylation sites is 2. The Kier molecular flexibility index (Phi) is 4.86. The molecule has 1 aromatic carbocycles. The minimum Gasteiger partial charge on any atom is -0.444 e. The van der Waals surface area contributed by atoms with Gasteiger partial charge in [0.1, 0.15) is 5.60 Å². The van der Waals surface area contributed by atoms with E-state index in [0.717, 1.165) is 12.1 Å². The van der Waals surface area contributed by atoms with Gasteiger partial charge in [0.2, 0.25) is 0 Å². The highest BCUT2D eigenvalue weighted by molar-refractivity contribution is 5.89. The molecular weight excluding hydrogens is 304 g/mol. The minimum atomic E-state index is -0.530. The molecule has 1 aliphatic rings. The first kappa shape index (κ1) is 18.6. The number of carbonyl (C=O) groups excluding carboxylic acids is 1. The molecule has 0 bridgehead atoms. The fourth-order valence-electron chi connectivity index (χ4n) is 3.11. The van der Waals surface area contributed by atoms with Crippen molar-refractivity contribution in [3.05, 3.63) is 24.3 Å². The summed E-state index contributed by atoms with van der Waals surface area (Å²) in [4.78, 5) is 12.1. The van der Waals surface area contributed by atoms with Gasteiger partial charge < -0.3 is 14.8 Å². The van der Waals surface area contributed by atoms with E-state index in [1.165, 1.54) is 0 Å². The molecule has 5 heteroatoms. The smallest absolute Gasteiger partial charge is 0.412 e. The Hall–Kier alpha value is -1.75. The number of nitrogens with one attached hydrogen (secondary N) is 2. The second-order valence-electron chi connectivity index (χ2n) is 8.54. The molecule has 1 atom stereocenters. The molecular formula is C19H30N2O3. The first-order valence-electron chi connectivity index (χ1n) is 8.44. The van der Waals surface area contributed by atoms with Crippen molar-refractivity contribution < 1.29 is 14.3 Å². The molecule has 1 aromatic rings. The molecule has 24 heavy (non-hydrogen) atoms. The number of carbonyl (C=O) groups is 1. The SMILES string of the molecule is CC(C)(C)OC(=O)Nc1ccccc1NC1CC(C)(C)OC1(C)C. The number of rotatable bonds is 3. The van der Waals surface area contributed by atoms with Gasteiger partial charge in [0, 0.05) is 0 Å². The quantitative estimate of drug-likeness (QED) is 0.834. The topological polar surface area (TPSA) is 59.6 Å². The molecule has 1 aliphatic heterocycles.